The zero-order valence-electron chi connectivity index (χ0n) is 12.4. The van der Waals surface area contributed by atoms with Crippen LogP contribution >= 0.6 is 11.3 Å². The highest BCUT2D eigenvalue weighted by Crippen LogP contribution is 2.22. The van der Waals surface area contributed by atoms with Crippen LogP contribution in [0.4, 0.5) is 0 Å². The van der Waals surface area contributed by atoms with Gasteiger partial charge in [0.25, 0.3) is 0 Å². The van der Waals surface area contributed by atoms with Crippen LogP contribution in [0.1, 0.15) is 38.8 Å². The molecule has 1 aliphatic rings. The van der Waals surface area contributed by atoms with E-state index in [1.165, 1.54) is 0 Å². The van der Waals surface area contributed by atoms with Gasteiger partial charge in [0.15, 0.2) is 0 Å². The van der Waals surface area contributed by atoms with Crippen molar-refractivity contribution in [2.45, 2.75) is 45.6 Å². The van der Waals surface area contributed by atoms with E-state index in [0.29, 0.717) is 18.8 Å². The number of likely N-dealkylation sites (tertiary alicyclic amines) is 1. The van der Waals surface area contributed by atoms with Gasteiger partial charge in [-0.2, -0.15) is 0 Å². The van der Waals surface area contributed by atoms with Crippen LogP contribution in [-0.4, -0.2) is 41.6 Å². The highest BCUT2D eigenvalue weighted by atomic mass is 32.1. The molecule has 0 N–H and O–H groups in total. The molecule has 112 valence electrons. The number of nitrogens with zero attached hydrogens (tertiary/aromatic N) is 2. The van der Waals surface area contributed by atoms with Gasteiger partial charge < -0.3 is 9.64 Å². The summed E-state index contributed by atoms with van der Waals surface area (Å²) >= 11 is 1.56. The predicted molar refractivity (Wildman–Crippen MR) is 80.8 cm³/mol. The monoisotopic (exact) mass is 296 g/mol. The highest BCUT2D eigenvalue weighted by Gasteiger charge is 2.25. The first-order valence-electron chi connectivity index (χ1n) is 7.48. The van der Waals surface area contributed by atoms with Gasteiger partial charge in [0.1, 0.15) is 6.10 Å². The Morgan fingerprint density at radius 3 is 2.90 bits per heavy atom. The van der Waals surface area contributed by atoms with Crippen molar-refractivity contribution in [1.29, 1.82) is 0 Å². The molecule has 0 aliphatic carbocycles. The Morgan fingerprint density at radius 2 is 2.30 bits per heavy atom. The van der Waals surface area contributed by atoms with Crippen molar-refractivity contribution in [1.82, 2.24) is 9.88 Å². The van der Waals surface area contributed by atoms with Gasteiger partial charge in [0, 0.05) is 11.8 Å². The molecule has 0 aromatic carbocycles. The fourth-order valence-electron chi connectivity index (χ4n) is 2.69. The number of thiazole rings is 1. The first-order chi connectivity index (χ1) is 9.69. The van der Waals surface area contributed by atoms with E-state index in [1.54, 1.807) is 16.8 Å². The van der Waals surface area contributed by atoms with Crippen molar-refractivity contribution >= 4 is 17.3 Å². The van der Waals surface area contributed by atoms with E-state index in [0.717, 1.165) is 38.2 Å². The number of aromatic nitrogens is 1. The number of esters is 1. The average molecular weight is 296 g/mol. The van der Waals surface area contributed by atoms with Crippen LogP contribution in [-0.2, 0) is 16.0 Å². The van der Waals surface area contributed by atoms with Gasteiger partial charge in [0.05, 0.1) is 17.6 Å². The summed E-state index contributed by atoms with van der Waals surface area (Å²) < 4.78 is 5.58. The summed E-state index contributed by atoms with van der Waals surface area (Å²) in [5.41, 5.74) is 2.78. The Labute approximate surface area is 125 Å². The molecule has 5 heteroatoms. The fourth-order valence-corrected chi connectivity index (χ4v) is 3.29. The Morgan fingerprint density at radius 1 is 1.55 bits per heavy atom. The van der Waals surface area contributed by atoms with Crippen molar-refractivity contribution in [2.24, 2.45) is 5.92 Å². The topological polar surface area (TPSA) is 42.4 Å². The van der Waals surface area contributed by atoms with Crippen molar-refractivity contribution < 1.29 is 9.53 Å². The first-order valence-corrected chi connectivity index (χ1v) is 8.42. The standard InChI is InChI=1S/C15H24N2O2S/c1-3-17-8-6-13(7-9-17)12(2)19-15(18)5-4-14-10-20-11-16-14/h10-13H,3-9H2,1-2H3. The third-order valence-electron chi connectivity index (χ3n) is 4.13. The van der Waals surface area contributed by atoms with Gasteiger partial charge in [-0.15, -0.1) is 11.3 Å². The van der Waals surface area contributed by atoms with Crippen molar-refractivity contribution in [3.8, 4) is 0 Å². The zero-order valence-corrected chi connectivity index (χ0v) is 13.2. The largest absolute Gasteiger partial charge is 0.462 e. The molecule has 4 nitrogen and oxygen atoms in total. The smallest absolute Gasteiger partial charge is 0.306 e. The Hall–Kier alpha value is -0.940. The quantitative estimate of drug-likeness (QED) is 0.757. The van der Waals surface area contributed by atoms with Gasteiger partial charge in [-0.1, -0.05) is 6.92 Å². The summed E-state index contributed by atoms with van der Waals surface area (Å²) in [5.74, 6) is 0.421. The summed E-state index contributed by atoms with van der Waals surface area (Å²) in [6, 6.07) is 0. The molecule has 2 rings (SSSR count). The molecule has 1 saturated heterocycles. The number of hydrogen-bond acceptors (Lipinski definition) is 5. The summed E-state index contributed by atoms with van der Waals surface area (Å²) in [6.45, 7) is 7.60. The van der Waals surface area contributed by atoms with Crippen molar-refractivity contribution in [3.63, 3.8) is 0 Å². The second-order valence-electron chi connectivity index (χ2n) is 5.45. The molecule has 0 saturated carbocycles. The molecule has 1 fully saturated rings. The van der Waals surface area contributed by atoms with Gasteiger partial charge in [-0.3, -0.25) is 4.79 Å². The average Bonchev–Trinajstić information content (AvgIpc) is 2.98. The molecule has 1 aliphatic heterocycles. The lowest BCUT2D eigenvalue weighted by Gasteiger charge is -2.33. The minimum atomic E-state index is -0.0941. The number of carbonyl (C=O) groups excluding carboxylic acids is 1. The maximum Gasteiger partial charge on any atom is 0.306 e. The molecule has 0 spiro atoms. The van der Waals surface area contributed by atoms with Crippen LogP contribution in [0.5, 0.6) is 0 Å². The number of carbonyl (C=O) groups is 1. The Balaban J connectivity index is 1.68. The van der Waals surface area contributed by atoms with Crippen molar-refractivity contribution in [2.75, 3.05) is 19.6 Å². The molecule has 0 bridgehead atoms. The Bertz CT molecular complexity index is 400. The SMILES string of the molecule is CCN1CCC(C(C)OC(=O)CCc2cscn2)CC1. The second-order valence-corrected chi connectivity index (χ2v) is 6.17. The van der Waals surface area contributed by atoms with Crippen LogP contribution in [0.2, 0.25) is 0 Å². The third kappa shape index (κ3) is 4.56. The molecule has 20 heavy (non-hydrogen) atoms. The lowest BCUT2D eigenvalue weighted by Crippen LogP contribution is -2.38. The molecule has 0 radical (unpaired) electrons. The normalized spacial score (nSPS) is 18.9. The third-order valence-corrected chi connectivity index (χ3v) is 4.76. The summed E-state index contributed by atoms with van der Waals surface area (Å²) in [4.78, 5) is 18.5. The summed E-state index contributed by atoms with van der Waals surface area (Å²) in [5, 5.41) is 1.98. The first kappa shape index (κ1) is 15.4. The molecule has 0 amide bonds. The minimum absolute atomic E-state index is 0.0388. The fraction of sp³-hybridized carbons (Fsp3) is 0.733. The number of aryl methyl sites for hydroxylation is 1. The van der Waals surface area contributed by atoms with Crippen LogP contribution in [0.3, 0.4) is 0 Å². The van der Waals surface area contributed by atoms with Gasteiger partial charge in [-0.05, 0) is 45.3 Å². The van der Waals surface area contributed by atoms with E-state index in [1.807, 2.05) is 12.3 Å². The molecule has 1 unspecified atom stereocenters. The van der Waals surface area contributed by atoms with Crippen LogP contribution in [0, 0.1) is 5.92 Å². The van der Waals surface area contributed by atoms with Crippen LogP contribution in [0.15, 0.2) is 10.9 Å². The van der Waals surface area contributed by atoms with Crippen LogP contribution < -0.4 is 0 Å². The van der Waals surface area contributed by atoms with E-state index < -0.39 is 0 Å². The molecule has 1 aromatic rings. The zero-order chi connectivity index (χ0) is 14.4. The lowest BCUT2D eigenvalue weighted by molar-refractivity contribution is -0.151. The van der Waals surface area contributed by atoms with E-state index in [4.69, 9.17) is 4.74 Å². The molecular formula is C15H24N2O2S. The maximum atomic E-state index is 11.9. The molecular weight excluding hydrogens is 272 g/mol. The van der Waals surface area contributed by atoms with Crippen LogP contribution in [0.25, 0.3) is 0 Å². The summed E-state index contributed by atoms with van der Waals surface area (Å²) in [6.07, 6.45) is 3.42. The number of piperidine rings is 1. The number of ether oxygens (including phenoxy) is 1. The van der Waals surface area contributed by atoms with Gasteiger partial charge in [0.2, 0.25) is 0 Å². The molecule has 1 aromatic heterocycles. The highest BCUT2D eigenvalue weighted by molar-refractivity contribution is 7.07. The number of hydrogen-bond donors (Lipinski definition) is 0. The second kappa shape index (κ2) is 7.74. The predicted octanol–water partition coefficient (Wildman–Crippen LogP) is 2.74. The van der Waals surface area contributed by atoms with E-state index in [-0.39, 0.29) is 12.1 Å². The molecule has 2 heterocycles. The van der Waals surface area contributed by atoms with E-state index >= 15 is 0 Å². The van der Waals surface area contributed by atoms with E-state index in [9.17, 15) is 4.79 Å². The molecule has 1 atom stereocenters. The Kier molecular flexibility index (Phi) is 5.98. The van der Waals surface area contributed by atoms with Crippen molar-refractivity contribution in [3.05, 3.63) is 16.6 Å². The number of rotatable bonds is 6. The van der Waals surface area contributed by atoms with Gasteiger partial charge >= 0.3 is 5.97 Å². The van der Waals surface area contributed by atoms with Gasteiger partial charge in [-0.25, -0.2) is 4.98 Å². The summed E-state index contributed by atoms with van der Waals surface area (Å²) in [7, 11) is 0. The lowest BCUT2D eigenvalue weighted by atomic mass is 9.92. The minimum Gasteiger partial charge on any atom is -0.462 e. The van der Waals surface area contributed by atoms with E-state index in [2.05, 4.69) is 16.8 Å². The maximum absolute atomic E-state index is 11.9.